The number of unbranched alkanes of at least 4 members (excludes halogenated alkanes) is 1. The van der Waals surface area contributed by atoms with E-state index < -0.39 is 16.8 Å². The van der Waals surface area contributed by atoms with E-state index in [-0.39, 0.29) is 11.3 Å². The first kappa shape index (κ1) is 18.1. The number of nitro groups is 1. The fraction of sp³-hybridized carbons (Fsp3) is 0.316. The van der Waals surface area contributed by atoms with E-state index in [1.165, 1.54) is 12.1 Å². The van der Waals surface area contributed by atoms with E-state index in [9.17, 15) is 20.0 Å². The van der Waals surface area contributed by atoms with Gasteiger partial charge in [-0.05, 0) is 36.3 Å². The van der Waals surface area contributed by atoms with Gasteiger partial charge in [-0.15, -0.1) is 11.3 Å². The average molecular weight is 372 g/mol. The van der Waals surface area contributed by atoms with Crippen molar-refractivity contribution in [2.45, 2.75) is 39.0 Å². The number of nitrogens with zero attached hydrogens (tertiary/aromatic N) is 1. The highest BCUT2D eigenvalue weighted by molar-refractivity contribution is 7.14. The Kier molecular flexibility index (Phi) is 5.08. The first-order chi connectivity index (χ1) is 12.4. The van der Waals surface area contributed by atoms with Crippen molar-refractivity contribution in [3.05, 3.63) is 67.7 Å². The molecular formula is C19H20N2O4S. The minimum Gasteiger partial charge on any atom is -0.478 e. The fourth-order valence-corrected chi connectivity index (χ4v) is 4.50. The number of allylic oxidation sites excluding steroid dienone is 1. The molecule has 0 bridgehead atoms. The number of carboxylic acids is 1. The van der Waals surface area contributed by atoms with Crippen LogP contribution in [-0.2, 0) is 11.2 Å². The number of thiophene rings is 1. The van der Waals surface area contributed by atoms with Gasteiger partial charge in [-0.3, -0.25) is 10.1 Å². The van der Waals surface area contributed by atoms with Crippen LogP contribution in [0.3, 0.4) is 0 Å². The SMILES string of the molecule is CCCCc1csc2c1C(c1cccc([N+](=O)[O-])c1)C(C(=O)O)=C(C)N2. The van der Waals surface area contributed by atoms with E-state index in [1.54, 1.807) is 30.4 Å². The second-order valence-corrected chi connectivity index (χ2v) is 7.24. The molecule has 0 saturated heterocycles. The van der Waals surface area contributed by atoms with Crippen molar-refractivity contribution in [3.63, 3.8) is 0 Å². The molecule has 1 atom stereocenters. The Morgan fingerprint density at radius 3 is 2.85 bits per heavy atom. The summed E-state index contributed by atoms with van der Waals surface area (Å²) in [7, 11) is 0. The third-order valence-corrected chi connectivity index (χ3v) is 5.60. The molecule has 1 aliphatic heterocycles. The van der Waals surface area contributed by atoms with E-state index in [1.807, 2.05) is 0 Å². The summed E-state index contributed by atoms with van der Waals surface area (Å²) in [6.07, 6.45) is 2.91. The quantitative estimate of drug-likeness (QED) is 0.555. The van der Waals surface area contributed by atoms with Crippen molar-refractivity contribution in [1.29, 1.82) is 0 Å². The molecule has 136 valence electrons. The highest BCUT2D eigenvalue weighted by atomic mass is 32.1. The van der Waals surface area contributed by atoms with Gasteiger partial charge in [0.15, 0.2) is 0 Å². The summed E-state index contributed by atoms with van der Waals surface area (Å²) in [6.45, 7) is 3.85. The van der Waals surface area contributed by atoms with Crippen molar-refractivity contribution in [3.8, 4) is 0 Å². The number of carboxylic acid groups (broad SMARTS) is 1. The van der Waals surface area contributed by atoms with E-state index in [4.69, 9.17) is 0 Å². The molecule has 0 aliphatic carbocycles. The van der Waals surface area contributed by atoms with Gasteiger partial charge in [-0.25, -0.2) is 4.79 Å². The number of benzene rings is 1. The Bertz CT molecular complexity index is 901. The standard InChI is InChI=1S/C19H20N2O4S/c1-3-4-6-13-10-26-18-17(13)16(15(19(22)23)11(2)20-18)12-7-5-8-14(9-12)21(24)25/h5,7-10,16,20H,3-4,6H2,1-2H3,(H,22,23). The van der Waals surface area contributed by atoms with Crippen LogP contribution in [0.4, 0.5) is 10.7 Å². The van der Waals surface area contributed by atoms with Crippen LogP contribution >= 0.6 is 11.3 Å². The first-order valence-electron chi connectivity index (χ1n) is 8.49. The van der Waals surface area contributed by atoms with Crippen LogP contribution in [0.25, 0.3) is 0 Å². The predicted octanol–water partition coefficient (Wildman–Crippen LogP) is 4.91. The fourth-order valence-electron chi connectivity index (χ4n) is 3.41. The Hall–Kier alpha value is -2.67. The van der Waals surface area contributed by atoms with Crippen LogP contribution in [0.5, 0.6) is 0 Å². The molecule has 6 nitrogen and oxygen atoms in total. The van der Waals surface area contributed by atoms with E-state index >= 15 is 0 Å². The molecule has 0 fully saturated rings. The lowest BCUT2D eigenvalue weighted by atomic mass is 9.80. The Morgan fingerprint density at radius 1 is 1.42 bits per heavy atom. The summed E-state index contributed by atoms with van der Waals surface area (Å²) in [6, 6.07) is 6.29. The van der Waals surface area contributed by atoms with Crippen LogP contribution < -0.4 is 5.32 Å². The van der Waals surface area contributed by atoms with Crippen LogP contribution in [0.15, 0.2) is 40.9 Å². The smallest absolute Gasteiger partial charge is 0.334 e. The number of carbonyl (C=O) groups is 1. The van der Waals surface area contributed by atoms with Crippen molar-refractivity contribution < 1.29 is 14.8 Å². The molecule has 0 saturated carbocycles. The first-order valence-corrected chi connectivity index (χ1v) is 9.37. The Balaban J connectivity index is 2.19. The second kappa shape index (κ2) is 7.29. The monoisotopic (exact) mass is 372 g/mol. The number of hydrogen-bond acceptors (Lipinski definition) is 5. The minimum atomic E-state index is -1.01. The lowest BCUT2D eigenvalue weighted by Gasteiger charge is -2.28. The van der Waals surface area contributed by atoms with Crippen LogP contribution in [0.1, 0.15) is 49.3 Å². The van der Waals surface area contributed by atoms with Gasteiger partial charge in [-0.2, -0.15) is 0 Å². The van der Waals surface area contributed by atoms with Crippen molar-refractivity contribution in [1.82, 2.24) is 0 Å². The zero-order valence-electron chi connectivity index (χ0n) is 14.6. The molecule has 2 aromatic rings. The highest BCUT2D eigenvalue weighted by Crippen LogP contribution is 2.47. The zero-order valence-corrected chi connectivity index (χ0v) is 15.4. The van der Waals surface area contributed by atoms with E-state index in [0.29, 0.717) is 11.3 Å². The summed E-state index contributed by atoms with van der Waals surface area (Å²) in [4.78, 5) is 22.7. The normalized spacial score (nSPS) is 16.2. The van der Waals surface area contributed by atoms with Gasteiger partial charge in [0, 0.05) is 29.3 Å². The van der Waals surface area contributed by atoms with Crippen molar-refractivity contribution >= 4 is 28.0 Å². The molecule has 0 amide bonds. The van der Waals surface area contributed by atoms with Crippen molar-refractivity contribution in [2.24, 2.45) is 0 Å². The summed E-state index contributed by atoms with van der Waals surface area (Å²) in [5.74, 6) is -1.52. The van der Waals surface area contributed by atoms with Crippen molar-refractivity contribution in [2.75, 3.05) is 5.32 Å². The van der Waals surface area contributed by atoms with Crippen LogP contribution in [0.2, 0.25) is 0 Å². The van der Waals surface area contributed by atoms with Gasteiger partial charge >= 0.3 is 5.97 Å². The summed E-state index contributed by atoms with van der Waals surface area (Å²) in [5, 5.41) is 27.2. The number of nitro benzene ring substituents is 1. The van der Waals surface area contributed by atoms with Crippen LogP contribution in [-0.4, -0.2) is 16.0 Å². The maximum Gasteiger partial charge on any atom is 0.334 e. The average Bonchev–Trinajstić information content (AvgIpc) is 3.00. The number of hydrogen-bond donors (Lipinski definition) is 2. The molecule has 3 rings (SSSR count). The Morgan fingerprint density at radius 2 is 2.19 bits per heavy atom. The predicted molar refractivity (Wildman–Crippen MR) is 102 cm³/mol. The van der Waals surface area contributed by atoms with Crippen LogP contribution in [0, 0.1) is 10.1 Å². The molecule has 1 aromatic carbocycles. The highest BCUT2D eigenvalue weighted by Gasteiger charge is 2.35. The third-order valence-electron chi connectivity index (χ3n) is 4.64. The summed E-state index contributed by atoms with van der Waals surface area (Å²) >= 11 is 1.56. The van der Waals surface area contributed by atoms with E-state index in [0.717, 1.165) is 35.4 Å². The molecule has 1 unspecified atom stereocenters. The summed E-state index contributed by atoms with van der Waals surface area (Å²) < 4.78 is 0. The molecule has 0 radical (unpaired) electrons. The topological polar surface area (TPSA) is 92.5 Å². The lowest BCUT2D eigenvalue weighted by Crippen LogP contribution is -2.22. The van der Waals surface area contributed by atoms with Gasteiger partial charge < -0.3 is 10.4 Å². The lowest BCUT2D eigenvalue weighted by molar-refractivity contribution is -0.384. The maximum absolute atomic E-state index is 12.0. The molecule has 1 aliphatic rings. The molecule has 26 heavy (non-hydrogen) atoms. The molecular weight excluding hydrogens is 352 g/mol. The maximum atomic E-state index is 12.0. The van der Waals surface area contributed by atoms with E-state index in [2.05, 4.69) is 17.6 Å². The van der Waals surface area contributed by atoms with Gasteiger partial charge in [0.2, 0.25) is 0 Å². The van der Waals surface area contributed by atoms with Gasteiger partial charge in [0.1, 0.15) is 0 Å². The molecule has 7 heteroatoms. The van der Waals surface area contributed by atoms with Gasteiger partial charge in [0.25, 0.3) is 5.69 Å². The number of nitrogens with one attached hydrogen (secondary N) is 1. The zero-order chi connectivity index (χ0) is 18.8. The second-order valence-electron chi connectivity index (χ2n) is 6.36. The number of non-ortho nitro benzene ring substituents is 1. The number of anilines is 1. The van der Waals surface area contributed by atoms with Gasteiger partial charge in [0.05, 0.1) is 15.5 Å². The molecule has 1 aromatic heterocycles. The number of fused-ring (bicyclic) bond motifs is 1. The Labute approximate surface area is 155 Å². The molecule has 0 spiro atoms. The number of rotatable bonds is 6. The third kappa shape index (κ3) is 3.22. The summed E-state index contributed by atoms with van der Waals surface area (Å²) in [5.41, 5.74) is 3.47. The minimum absolute atomic E-state index is 0.0321. The molecule has 2 heterocycles. The number of aliphatic carboxylic acids is 1. The largest absolute Gasteiger partial charge is 0.478 e. The van der Waals surface area contributed by atoms with Gasteiger partial charge in [-0.1, -0.05) is 25.5 Å². The number of aryl methyl sites for hydroxylation is 1. The molecule has 2 N–H and O–H groups in total.